The van der Waals surface area contributed by atoms with Crippen LogP contribution in [0.25, 0.3) is 10.9 Å². The molecule has 2 aromatic carbocycles. The molecule has 0 saturated carbocycles. The highest BCUT2D eigenvalue weighted by Crippen LogP contribution is 2.23. The number of fused-ring (bicyclic) bond motifs is 1. The average Bonchev–Trinajstić information content (AvgIpc) is 3.28. The van der Waals surface area contributed by atoms with Gasteiger partial charge in [0.2, 0.25) is 0 Å². The number of aromatic nitrogens is 4. The van der Waals surface area contributed by atoms with Crippen LogP contribution in [0.3, 0.4) is 0 Å². The number of anilines is 1. The highest BCUT2D eigenvalue weighted by molar-refractivity contribution is 6.06. The molecule has 26 heavy (non-hydrogen) atoms. The fourth-order valence-corrected chi connectivity index (χ4v) is 3.03. The van der Waals surface area contributed by atoms with E-state index < -0.39 is 0 Å². The Kier molecular flexibility index (Phi) is 4.01. The van der Waals surface area contributed by atoms with E-state index >= 15 is 0 Å². The van der Waals surface area contributed by atoms with Gasteiger partial charge in [0.25, 0.3) is 5.91 Å². The quantitative estimate of drug-likeness (QED) is 0.592. The number of amides is 1. The first-order chi connectivity index (χ1) is 12.6. The molecule has 0 atom stereocenters. The molecule has 0 radical (unpaired) electrons. The van der Waals surface area contributed by atoms with Crippen LogP contribution < -0.4 is 5.32 Å². The predicted molar refractivity (Wildman–Crippen MR) is 101 cm³/mol. The molecule has 0 fully saturated rings. The van der Waals surface area contributed by atoms with Gasteiger partial charge >= 0.3 is 0 Å². The number of aromatic amines is 1. The Morgan fingerprint density at radius 2 is 2.08 bits per heavy atom. The zero-order valence-electron chi connectivity index (χ0n) is 14.7. The van der Waals surface area contributed by atoms with Crippen molar-refractivity contribution in [2.75, 3.05) is 5.32 Å². The highest BCUT2D eigenvalue weighted by atomic mass is 16.1. The van der Waals surface area contributed by atoms with E-state index in [4.69, 9.17) is 0 Å². The summed E-state index contributed by atoms with van der Waals surface area (Å²) in [4.78, 5) is 19.8. The van der Waals surface area contributed by atoms with Crippen molar-refractivity contribution < 1.29 is 4.79 Å². The summed E-state index contributed by atoms with van der Waals surface area (Å²) in [5, 5.41) is 8.14. The molecule has 6 heteroatoms. The van der Waals surface area contributed by atoms with Gasteiger partial charge in [-0.05, 0) is 54.8 Å². The van der Waals surface area contributed by atoms with E-state index in [0.29, 0.717) is 12.2 Å². The molecule has 6 nitrogen and oxygen atoms in total. The molecule has 2 aromatic heterocycles. The van der Waals surface area contributed by atoms with E-state index in [0.717, 1.165) is 22.2 Å². The van der Waals surface area contributed by atoms with Gasteiger partial charge in [0.1, 0.15) is 18.3 Å². The van der Waals surface area contributed by atoms with E-state index in [1.165, 1.54) is 17.5 Å². The van der Waals surface area contributed by atoms with Gasteiger partial charge in [0.15, 0.2) is 0 Å². The summed E-state index contributed by atoms with van der Waals surface area (Å²) in [6.45, 7) is 4.75. The van der Waals surface area contributed by atoms with Crippen LogP contribution in [0.4, 0.5) is 5.69 Å². The van der Waals surface area contributed by atoms with Crippen molar-refractivity contribution in [2.45, 2.75) is 20.4 Å². The summed E-state index contributed by atoms with van der Waals surface area (Å²) in [6, 6.07) is 13.7. The first kappa shape index (κ1) is 16.1. The molecule has 0 unspecified atom stereocenters. The van der Waals surface area contributed by atoms with Gasteiger partial charge in [-0.1, -0.05) is 18.2 Å². The van der Waals surface area contributed by atoms with Gasteiger partial charge < -0.3 is 10.3 Å². The zero-order valence-corrected chi connectivity index (χ0v) is 14.7. The Morgan fingerprint density at radius 1 is 1.19 bits per heavy atom. The van der Waals surface area contributed by atoms with Crippen LogP contribution in [0.2, 0.25) is 0 Å². The summed E-state index contributed by atoms with van der Waals surface area (Å²) >= 11 is 0. The minimum Gasteiger partial charge on any atom is -0.351 e. The number of hydrogen-bond donors (Lipinski definition) is 2. The maximum absolute atomic E-state index is 12.6. The summed E-state index contributed by atoms with van der Waals surface area (Å²) in [5.41, 5.74) is 5.71. The number of nitrogens with one attached hydrogen (secondary N) is 2. The third-order valence-electron chi connectivity index (χ3n) is 4.58. The number of nitrogens with zero attached hydrogens (tertiary/aromatic N) is 3. The summed E-state index contributed by atoms with van der Waals surface area (Å²) in [7, 11) is 0. The van der Waals surface area contributed by atoms with Gasteiger partial charge in [-0.15, -0.1) is 0 Å². The number of H-pyrrole nitrogens is 1. The third-order valence-corrected chi connectivity index (χ3v) is 4.58. The summed E-state index contributed by atoms with van der Waals surface area (Å²) in [6.07, 6.45) is 3.17. The Hall–Kier alpha value is -3.41. The van der Waals surface area contributed by atoms with E-state index in [9.17, 15) is 4.79 Å². The second kappa shape index (κ2) is 6.48. The maximum Gasteiger partial charge on any atom is 0.272 e. The van der Waals surface area contributed by atoms with E-state index in [2.05, 4.69) is 40.3 Å². The molecular formula is C20H19N5O. The van der Waals surface area contributed by atoms with Crippen LogP contribution in [-0.2, 0) is 6.54 Å². The zero-order chi connectivity index (χ0) is 18.1. The lowest BCUT2D eigenvalue weighted by molar-refractivity contribution is 0.102. The highest BCUT2D eigenvalue weighted by Gasteiger charge is 2.12. The lowest BCUT2D eigenvalue weighted by Gasteiger charge is -2.07. The Labute approximate surface area is 150 Å². The molecule has 2 heterocycles. The molecule has 4 rings (SSSR count). The van der Waals surface area contributed by atoms with E-state index in [1.54, 1.807) is 11.0 Å². The van der Waals surface area contributed by atoms with Gasteiger partial charge in [-0.2, -0.15) is 5.10 Å². The molecule has 0 aliphatic heterocycles. The van der Waals surface area contributed by atoms with Crippen LogP contribution >= 0.6 is 0 Å². The topological polar surface area (TPSA) is 75.6 Å². The third kappa shape index (κ3) is 3.09. The van der Waals surface area contributed by atoms with Crippen LogP contribution in [0.5, 0.6) is 0 Å². The van der Waals surface area contributed by atoms with Gasteiger partial charge in [0.05, 0.1) is 6.54 Å². The molecule has 0 spiro atoms. The summed E-state index contributed by atoms with van der Waals surface area (Å²) < 4.78 is 1.74. The molecule has 0 bridgehead atoms. The van der Waals surface area contributed by atoms with Gasteiger partial charge in [-0.3, -0.25) is 4.79 Å². The fraction of sp³-hybridized carbons (Fsp3) is 0.150. The van der Waals surface area contributed by atoms with Crippen LogP contribution in [0.1, 0.15) is 27.2 Å². The molecule has 1 amide bonds. The van der Waals surface area contributed by atoms with Crippen molar-refractivity contribution in [1.82, 2.24) is 19.7 Å². The molecule has 4 aromatic rings. The number of aryl methyl sites for hydroxylation is 2. The second-order valence-corrected chi connectivity index (χ2v) is 6.40. The predicted octanol–water partition coefficient (Wildman–Crippen LogP) is 3.68. The Morgan fingerprint density at radius 3 is 2.88 bits per heavy atom. The van der Waals surface area contributed by atoms with Crippen LogP contribution in [0, 0.1) is 13.8 Å². The first-order valence-electron chi connectivity index (χ1n) is 8.42. The maximum atomic E-state index is 12.6. The van der Waals surface area contributed by atoms with E-state index in [1.807, 2.05) is 36.4 Å². The molecule has 0 saturated heterocycles. The minimum absolute atomic E-state index is 0.156. The molecule has 0 aliphatic carbocycles. The second-order valence-electron chi connectivity index (χ2n) is 6.40. The molecular weight excluding hydrogens is 326 g/mol. The van der Waals surface area contributed by atoms with Crippen molar-refractivity contribution in [3.8, 4) is 0 Å². The largest absolute Gasteiger partial charge is 0.351 e. The Balaban J connectivity index is 1.55. The molecule has 0 aliphatic rings. The first-order valence-corrected chi connectivity index (χ1v) is 8.42. The van der Waals surface area contributed by atoms with Crippen molar-refractivity contribution >= 4 is 22.5 Å². The normalized spacial score (nSPS) is 11.0. The minimum atomic E-state index is -0.156. The monoisotopic (exact) mass is 345 g/mol. The smallest absolute Gasteiger partial charge is 0.272 e. The number of hydrogen-bond acceptors (Lipinski definition) is 3. The van der Waals surface area contributed by atoms with Crippen molar-refractivity contribution in [3.63, 3.8) is 0 Å². The van der Waals surface area contributed by atoms with Gasteiger partial charge in [0, 0.05) is 16.6 Å². The average molecular weight is 345 g/mol. The van der Waals surface area contributed by atoms with Gasteiger partial charge in [-0.25, -0.2) is 9.67 Å². The standard InChI is InChI=1S/C20H19N5O/c1-13-6-7-18-17(14(13)2)9-19(24-18)20(26)23-16-5-3-4-15(8-16)10-25-12-21-11-22-25/h3-9,11-12,24H,10H2,1-2H3,(H,23,26). The lowest BCUT2D eigenvalue weighted by Crippen LogP contribution is -2.12. The lowest BCUT2D eigenvalue weighted by atomic mass is 10.1. The van der Waals surface area contributed by atoms with Crippen LogP contribution in [-0.4, -0.2) is 25.7 Å². The Bertz CT molecular complexity index is 1080. The number of carbonyl (C=O) groups excluding carboxylic acids is 1. The summed E-state index contributed by atoms with van der Waals surface area (Å²) in [5.74, 6) is -0.156. The fourth-order valence-electron chi connectivity index (χ4n) is 3.03. The number of carbonyl (C=O) groups is 1. The molecule has 130 valence electrons. The van der Waals surface area contributed by atoms with Crippen molar-refractivity contribution in [3.05, 3.63) is 77.5 Å². The number of rotatable bonds is 4. The van der Waals surface area contributed by atoms with Crippen molar-refractivity contribution in [1.29, 1.82) is 0 Å². The molecule has 2 N–H and O–H groups in total. The van der Waals surface area contributed by atoms with E-state index in [-0.39, 0.29) is 5.91 Å². The number of benzene rings is 2. The van der Waals surface area contributed by atoms with Crippen LogP contribution in [0.15, 0.2) is 55.1 Å². The SMILES string of the molecule is Cc1ccc2[nH]c(C(=O)Nc3cccc(Cn4cncn4)c3)cc2c1C. The van der Waals surface area contributed by atoms with Crippen molar-refractivity contribution in [2.24, 2.45) is 0 Å².